The number of nitrogens with zero attached hydrogens (tertiary/aromatic N) is 2. The van der Waals surface area contributed by atoms with Gasteiger partial charge in [0, 0.05) is 0 Å². The summed E-state index contributed by atoms with van der Waals surface area (Å²) >= 11 is 0. The van der Waals surface area contributed by atoms with Gasteiger partial charge in [-0.25, -0.2) is 4.79 Å². The summed E-state index contributed by atoms with van der Waals surface area (Å²) in [5, 5.41) is 4.51. The van der Waals surface area contributed by atoms with Gasteiger partial charge < -0.3 is 14.2 Å². The molecule has 0 saturated heterocycles. The third kappa shape index (κ3) is 3.79. The summed E-state index contributed by atoms with van der Waals surface area (Å²) in [4.78, 5) is 11.7. The number of aryl methyl sites for hydroxylation is 1. The fourth-order valence-corrected chi connectivity index (χ4v) is 3.88. The molecule has 0 aliphatic carbocycles. The molecular formula is C19H20N2O6S. The Morgan fingerprint density at radius 2 is 1.86 bits per heavy atom. The minimum Gasteiger partial charge on any atom is -0.497 e. The quantitative estimate of drug-likeness (QED) is 0.558. The van der Waals surface area contributed by atoms with Gasteiger partial charge >= 0.3 is 5.97 Å². The average molecular weight is 404 g/mol. The van der Waals surface area contributed by atoms with Crippen LogP contribution in [-0.2, 0) is 19.6 Å². The molecule has 0 amide bonds. The summed E-state index contributed by atoms with van der Waals surface area (Å²) in [6.07, 6.45) is 0. The zero-order chi connectivity index (χ0) is 20.3. The van der Waals surface area contributed by atoms with Gasteiger partial charge in [-0.3, -0.25) is 0 Å². The number of hydrogen-bond donors (Lipinski definition) is 0. The first kappa shape index (κ1) is 19.7. The topological polar surface area (TPSA) is 96.7 Å². The lowest BCUT2D eigenvalue weighted by Crippen LogP contribution is -2.16. The number of methoxy groups -OCH3 is 1. The Bertz CT molecular complexity index is 1100. The highest BCUT2D eigenvalue weighted by atomic mass is 32.2. The normalized spacial score (nSPS) is 11.4. The van der Waals surface area contributed by atoms with Crippen molar-refractivity contribution in [2.45, 2.75) is 18.7 Å². The zero-order valence-electron chi connectivity index (χ0n) is 15.7. The molecule has 1 heterocycles. The zero-order valence-corrected chi connectivity index (χ0v) is 16.5. The van der Waals surface area contributed by atoms with Crippen LogP contribution in [-0.4, -0.2) is 43.9 Å². The van der Waals surface area contributed by atoms with E-state index in [2.05, 4.69) is 5.10 Å². The van der Waals surface area contributed by atoms with Crippen molar-refractivity contribution in [3.05, 3.63) is 48.0 Å². The number of hydrogen-bond acceptors (Lipinski definition) is 7. The van der Waals surface area contributed by atoms with Gasteiger partial charge in [0.05, 0.1) is 29.5 Å². The van der Waals surface area contributed by atoms with Crippen molar-refractivity contribution in [3.8, 4) is 11.6 Å². The summed E-state index contributed by atoms with van der Waals surface area (Å²) in [5.74, 6) is -0.0760. The second kappa shape index (κ2) is 7.89. The van der Waals surface area contributed by atoms with E-state index in [-0.39, 0.29) is 24.0 Å². The van der Waals surface area contributed by atoms with Gasteiger partial charge in [-0.15, -0.1) is 9.19 Å². The minimum atomic E-state index is -3.96. The van der Waals surface area contributed by atoms with Crippen LogP contribution < -0.4 is 9.47 Å². The highest BCUT2D eigenvalue weighted by Crippen LogP contribution is 2.31. The number of aromatic nitrogens is 2. The van der Waals surface area contributed by atoms with E-state index in [1.807, 2.05) is 6.92 Å². The van der Waals surface area contributed by atoms with E-state index >= 15 is 0 Å². The number of carbonyl (C=O) groups is 1. The largest absolute Gasteiger partial charge is 0.497 e. The van der Waals surface area contributed by atoms with E-state index < -0.39 is 16.0 Å². The molecule has 3 rings (SSSR count). The van der Waals surface area contributed by atoms with Crippen LogP contribution in [0, 0.1) is 6.92 Å². The number of esters is 1. The summed E-state index contributed by atoms with van der Waals surface area (Å²) in [6, 6.07) is 11.2. The third-order valence-electron chi connectivity index (χ3n) is 4.00. The van der Waals surface area contributed by atoms with Gasteiger partial charge in [-0.05, 0) is 44.2 Å². The Morgan fingerprint density at radius 3 is 2.50 bits per heavy atom. The van der Waals surface area contributed by atoms with Crippen LogP contribution in [0.1, 0.15) is 12.5 Å². The maximum Gasteiger partial charge on any atom is 0.344 e. The van der Waals surface area contributed by atoms with Crippen LogP contribution in [0.25, 0.3) is 10.9 Å². The first-order valence-corrected chi connectivity index (χ1v) is 9.98. The maximum atomic E-state index is 13.1. The Labute approximate surface area is 162 Å². The number of rotatable bonds is 7. The van der Waals surface area contributed by atoms with E-state index in [1.165, 1.54) is 19.2 Å². The molecule has 0 aliphatic heterocycles. The van der Waals surface area contributed by atoms with Crippen LogP contribution in [0.2, 0.25) is 0 Å². The number of carbonyl (C=O) groups excluding carboxylic acids is 1. The first-order chi connectivity index (χ1) is 13.4. The van der Waals surface area contributed by atoms with Crippen molar-refractivity contribution in [1.82, 2.24) is 9.19 Å². The molecule has 0 atom stereocenters. The van der Waals surface area contributed by atoms with Gasteiger partial charge in [-0.1, -0.05) is 17.7 Å². The van der Waals surface area contributed by atoms with Crippen molar-refractivity contribution in [2.24, 2.45) is 0 Å². The molecule has 3 aromatic rings. The molecule has 28 heavy (non-hydrogen) atoms. The molecule has 2 aromatic carbocycles. The van der Waals surface area contributed by atoms with Crippen LogP contribution >= 0.6 is 0 Å². The Hall–Kier alpha value is -3.07. The SMILES string of the molecule is CCOC(=O)COc1nn(S(=O)(=O)c2ccc(C)cc2)c2ccc(OC)cc12. The van der Waals surface area contributed by atoms with Gasteiger partial charge in [0.2, 0.25) is 5.88 Å². The minimum absolute atomic E-state index is 0.00219. The lowest BCUT2D eigenvalue weighted by atomic mass is 10.2. The number of fused-ring (bicyclic) bond motifs is 1. The summed E-state index contributed by atoms with van der Waals surface area (Å²) < 4.78 is 42.5. The van der Waals surface area contributed by atoms with Gasteiger partial charge in [0.1, 0.15) is 5.75 Å². The molecule has 8 nitrogen and oxygen atoms in total. The smallest absolute Gasteiger partial charge is 0.344 e. The standard InChI is InChI=1S/C19H20N2O6S/c1-4-26-18(22)12-27-19-16-11-14(25-3)7-10-17(16)21(20-19)28(23,24)15-8-5-13(2)6-9-15/h5-11H,4,12H2,1-3H3. The van der Waals surface area contributed by atoms with Gasteiger partial charge in [0.15, 0.2) is 6.61 Å². The van der Waals surface area contributed by atoms with Gasteiger partial charge in [0.25, 0.3) is 10.0 Å². The Morgan fingerprint density at radius 1 is 1.14 bits per heavy atom. The molecular weight excluding hydrogens is 384 g/mol. The van der Waals surface area contributed by atoms with E-state index in [4.69, 9.17) is 14.2 Å². The van der Waals surface area contributed by atoms with E-state index in [1.54, 1.807) is 37.3 Å². The molecule has 0 bridgehead atoms. The third-order valence-corrected chi connectivity index (χ3v) is 5.60. The van der Waals surface area contributed by atoms with Crippen LogP contribution in [0.15, 0.2) is 47.4 Å². The molecule has 0 unspecified atom stereocenters. The second-order valence-corrected chi connectivity index (χ2v) is 7.71. The molecule has 0 aliphatic rings. The monoisotopic (exact) mass is 404 g/mol. The molecule has 148 valence electrons. The predicted molar refractivity (Wildman–Crippen MR) is 102 cm³/mol. The van der Waals surface area contributed by atoms with Crippen molar-refractivity contribution >= 4 is 26.9 Å². The molecule has 0 spiro atoms. The number of ether oxygens (including phenoxy) is 3. The van der Waals surface area contributed by atoms with E-state index in [0.717, 1.165) is 9.65 Å². The van der Waals surface area contributed by atoms with Crippen LogP contribution in [0.3, 0.4) is 0 Å². The lowest BCUT2D eigenvalue weighted by molar-refractivity contribution is -0.145. The van der Waals surface area contributed by atoms with E-state index in [0.29, 0.717) is 16.7 Å². The van der Waals surface area contributed by atoms with Crippen LogP contribution in [0.5, 0.6) is 11.6 Å². The average Bonchev–Trinajstić information content (AvgIpc) is 3.05. The Balaban J connectivity index is 2.09. The fourth-order valence-electron chi connectivity index (χ4n) is 2.60. The predicted octanol–water partition coefficient (Wildman–Crippen LogP) is 2.53. The van der Waals surface area contributed by atoms with Crippen LogP contribution in [0.4, 0.5) is 0 Å². The molecule has 1 aromatic heterocycles. The van der Waals surface area contributed by atoms with Gasteiger partial charge in [-0.2, -0.15) is 8.42 Å². The second-order valence-electron chi connectivity index (χ2n) is 5.94. The van der Waals surface area contributed by atoms with Crippen molar-refractivity contribution in [3.63, 3.8) is 0 Å². The summed E-state index contributed by atoms with van der Waals surface area (Å²) in [6.45, 7) is 3.38. The molecule has 0 saturated carbocycles. The molecule has 0 N–H and O–H groups in total. The Kier molecular flexibility index (Phi) is 5.55. The van der Waals surface area contributed by atoms with Crippen molar-refractivity contribution in [1.29, 1.82) is 0 Å². The lowest BCUT2D eigenvalue weighted by Gasteiger charge is -2.06. The molecule has 0 fully saturated rings. The maximum absolute atomic E-state index is 13.1. The number of benzene rings is 2. The summed E-state index contributed by atoms with van der Waals surface area (Å²) in [7, 11) is -2.47. The van der Waals surface area contributed by atoms with Crippen molar-refractivity contribution in [2.75, 3.05) is 20.3 Å². The molecule has 0 radical (unpaired) electrons. The van der Waals surface area contributed by atoms with E-state index in [9.17, 15) is 13.2 Å². The highest BCUT2D eigenvalue weighted by Gasteiger charge is 2.24. The highest BCUT2D eigenvalue weighted by molar-refractivity contribution is 7.90. The molecule has 9 heteroatoms. The summed E-state index contributed by atoms with van der Waals surface area (Å²) in [5.41, 5.74) is 1.24. The first-order valence-electron chi connectivity index (χ1n) is 8.54. The fraction of sp³-hybridized carbons (Fsp3) is 0.263. The van der Waals surface area contributed by atoms with Crippen molar-refractivity contribution < 1.29 is 27.4 Å².